The van der Waals surface area contributed by atoms with E-state index in [0.717, 1.165) is 37.0 Å². The molecular formula is C23H38NO3+. The van der Waals surface area contributed by atoms with E-state index in [4.69, 9.17) is 14.2 Å². The molecule has 0 radical (unpaired) electrons. The number of hydrogen-bond donors (Lipinski definition) is 1. The first-order valence-corrected chi connectivity index (χ1v) is 10.8. The summed E-state index contributed by atoms with van der Waals surface area (Å²) >= 11 is 0. The highest BCUT2D eigenvalue weighted by Crippen LogP contribution is 2.46. The minimum absolute atomic E-state index is 0.0621. The maximum absolute atomic E-state index is 6.16. The topological polar surface area (TPSA) is 44.3 Å². The number of ether oxygens (including phenoxy) is 3. The molecule has 1 fully saturated rings. The fourth-order valence-electron chi connectivity index (χ4n) is 4.57. The van der Waals surface area contributed by atoms with Crippen LogP contribution in [0.1, 0.15) is 71.8 Å². The van der Waals surface area contributed by atoms with Gasteiger partial charge in [0.15, 0.2) is 11.5 Å². The van der Waals surface area contributed by atoms with Gasteiger partial charge < -0.3 is 19.5 Å². The minimum atomic E-state index is 0.0621. The van der Waals surface area contributed by atoms with Gasteiger partial charge in [-0.15, -0.1) is 0 Å². The van der Waals surface area contributed by atoms with Gasteiger partial charge in [0.25, 0.3) is 0 Å². The molecule has 2 aliphatic heterocycles. The van der Waals surface area contributed by atoms with Crippen molar-refractivity contribution in [1.82, 2.24) is 0 Å². The highest BCUT2D eigenvalue weighted by Gasteiger charge is 2.42. The van der Waals surface area contributed by atoms with E-state index in [2.05, 4.69) is 45.1 Å². The summed E-state index contributed by atoms with van der Waals surface area (Å²) in [6.07, 6.45) is 7.47. The van der Waals surface area contributed by atoms with Crippen molar-refractivity contribution in [2.75, 3.05) is 19.9 Å². The highest BCUT2D eigenvalue weighted by atomic mass is 16.7. The van der Waals surface area contributed by atoms with E-state index in [1.165, 1.54) is 44.2 Å². The lowest BCUT2D eigenvalue weighted by Crippen LogP contribution is -2.83. The summed E-state index contributed by atoms with van der Waals surface area (Å²) in [7, 11) is 0. The predicted octanol–water partition coefficient (Wildman–Crippen LogP) is 4.27. The van der Waals surface area contributed by atoms with E-state index >= 15 is 0 Å². The second kappa shape index (κ2) is 8.83. The lowest BCUT2D eigenvalue weighted by molar-refractivity contribution is -0.672. The van der Waals surface area contributed by atoms with Crippen LogP contribution in [0, 0.1) is 11.3 Å². The Kier molecular flexibility index (Phi) is 6.69. The Balaban J connectivity index is 1.54. The zero-order chi connectivity index (χ0) is 19.3. The molecule has 152 valence electrons. The molecule has 2 aliphatic rings. The van der Waals surface area contributed by atoms with Crippen molar-refractivity contribution in [3.05, 3.63) is 23.8 Å². The molecule has 3 rings (SSSR count). The molecule has 4 nitrogen and oxygen atoms in total. The molecule has 4 heteroatoms. The number of benzene rings is 1. The summed E-state index contributed by atoms with van der Waals surface area (Å²) in [6, 6.07) is 6.30. The Morgan fingerprint density at radius 3 is 2.74 bits per heavy atom. The zero-order valence-electron chi connectivity index (χ0n) is 17.7. The van der Waals surface area contributed by atoms with Gasteiger partial charge in [-0.25, -0.2) is 0 Å². The van der Waals surface area contributed by atoms with Crippen LogP contribution in [0.25, 0.3) is 0 Å². The van der Waals surface area contributed by atoms with Crippen LogP contribution in [-0.2, 0) is 11.3 Å². The van der Waals surface area contributed by atoms with Crippen LogP contribution < -0.4 is 14.8 Å². The van der Waals surface area contributed by atoms with Crippen LogP contribution >= 0.6 is 0 Å². The first kappa shape index (κ1) is 20.5. The minimum Gasteiger partial charge on any atom is -0.454 e. The molecule has 0 aliphatic carbocycles. The molecule has 0 spiro atoms. The molecule has 27 heavy (non-hydrogen) atoms. The van der Waals surface area contributed by atoms with Crippen molar-refractivity contribution >= 4 is 0 Å². The summed E-state index contributed by atoms with van der Waals surface area (Å²) in [6.45, 7) is 12.7. The number of nitrogens with two attached hydrogens (primary N) is 1. The van der Waals surface area contributed by atoms with Gasteiger partial charge in [0.1, 0.15) is 6.54 Å². The van der Waals surface area contributed by atoms with E-state index in [9.17, 15) is 0 Å². The lowest BCUT2D eigenvalue weighted by atomic mass is 9.67. The van der Waals surface area contributed by atoms with Gasteiger partial charge in [-0.3, -0.25) is 0 Å². The quantitative estimate of drug-likeness (QED) is 0.655. The molecule has 0 unspecified atom stereocenters. The summed E-state index contributed by atoms with van der Waals surface area (Å²) in [5, 5.41) is 2.45. The standard InChI is InChI=1S/C23H37NO3/c1-5-22(4)16-23(11-13-27-22,9-8-18(2)3)10-12-24-15-19-6-7-20-21(14-19)26-17-25-20/h6-7,14,18,24H,5,8-13,15-17H2,1-4H3/p+1/t22-,23+/m1/s1. The Labute approximate surface area is 165 Å². The average molecular weight is 377 g/mol. The molecule has 2 N–H and O–H groups in total. The smallest absolute Gasteiger partial charge is 0.231 e. The number of fused-ring (bicyclic) bond motifs is 1. The molecule has 1 aromatic rings. The second-order valence-corrected chi connectivity index (χ2v) is 9.23. The number of quaternary nitrogens is 1. The van der Waals surface area contributed by atoms with E-state index in [1.54, 1.807) is 0 Å². The molecular weight excluding hydrogens is 338 g/mol. The molecule has 2 atom stereocenters. The fraction of sp³-hybridized carbons (Fsp3) is 0.739. The van der Waals surface area contributed by atoms with Gasteiger partial charge >= 0.3 is 0 Å². The summed E-state index contributed by atoms with van der Waals surface area (Å²) in [5.41, 5.74) is 1.81. The van der Waals surface area contributed by atoms with Crippen LogP contribution in [0.3, 0.4) is 0 Å². The van der Waals surface area contributed by atoms with Gasteiger partial charge in [0.2, 0.25) is 6.79 Å². The number of hydrogen-bond acceptors (Lipinski definition) is 3. The van der Waals surface area contributed by atoms with Crippen LogP contribution in [0.15, 0.2) is 18.2 Å². The molecule has 2 heterocycles. The fourth-order valence-corrected chi connectivity index (χ4v) is 4.57. The molecule has 0 amide bonds. The predicted molar refractivity (Wildman–Crippen MR) is 108 cm³/mol. The van der Waals surface area contributed by atoms with E-state index < -0.39 is 0 Å². The van der Waals surface area contributed by atoms with E-state index in [1.807, 2.05) is 6.07 Å². The van der Waals surface area contributed by atoms with E-state index in [0.29, 0.717) is 12.2 Å². The summed E-state index contributed by atoms with van der Waals surface area (Å²) in [4.78, 5) is 0. The SMILES string of the molecule is CC[C@]1(C)C[C@](CC[NH2+]Cc2ccc3c(c2)OCO3)(CCC(C)C)CCO1. The molecule has 1 aromatic carbocycles. The first-order chi connectivity index (χ1) is 12.9. The molecule has 0 bridgehead atoms. The highest BCUT2D eigenvalue weighted by molar-refractivity contribution is 5.44. The maximum Gasteiger partial charge on any atom is 0.231 e. The molecule has 1 saturated heterocycles. The Bertz CT molecular complexity index is 618. The third-order valence-corrected chi connectivity index (χ3v) is 6.53. The van der Waals surface area contributed by atoms with Crippen LogP contribution in [-0.4, -0.2) is 25.5 Å². The van der Waals surface area contributed by atoms with Crippen molar-refractivity contribution in [1.29, 1.82) is 0 Å². The van der Waals surface area contributed by atoms with Gasteiger partial charge in [-0.2, -0.15) is 0 Å². The number of rotatable bonds is 9. The monoisotopic (exact) mass is 376 g/mol. The van der Waals surface area contributed by atoms with Gasteiger partial charge in [-0.05, 0) is 62.1 Å². The maximum atomic E-state index is 6.16. The van der Waals surface area contributed by atoms with E-state index in [-0.39, 0.29) is 5.60 Å². The average Bonchev–Trinajstić information content (AvgIpc) is 3.12. The third-order valence-electron chi connectivity index (χ3n) is 6.53. The third kappa shape index (κ3) is 5.39. The Hall–Kier alpha value is -1.26. The van der Waals surface area contributed by atoms with Gasteiger partial charge in [-0.1, -0.05) is 27.2 Å². The zero-order valence-corrected chi connectivity index (χ0v) is 17.7. The van der Waals surface area contributed by atoms with Crippen LogP contribution in [0.5, 0.6) is 11.5 Å². The summed E-state index contributed by atoms with van der Waals surface area (Å²) in [5.74, 6) is 2.53. The van der Waals surface area contributed by atoms with Crippen molar-refractivity contribution in [3.8, 4) is 11.5 Å². The summed E-state index contributed by atoms with van der Waals surface area (Å²) < 4.78 is 17.1. The van der Waals surface area contributed by atoms with Crippen molar-refractivity contribution in [2.24, 2.45) is 11.3 Å². The normalized spacial score (nSPS) is 27.3. The largest absolute Gasteiger partial charge is 0.454 e. The lowest BCUT2D eigenvalue weighted by Gasteiger charge is -2.46. The van der Waals surface area contributed by atoms with Crippen LogP contribution in [0.2, 0.25) is 0 Å². The van der Waals surface area contributed by atoms with Gasteiger partial charge in [0, 0.05) is 18.6 Å². The first-order valence-electron chi connectivity index (χ1n) is 10.8. The van der Waals surface area contributed by atoms with Gasteiger partial charge in [0.05, 0.1) is 12.1 Å². The molecule has 0 aromatic heterocycles. The van der Waals surface area contributed by atoms with Crippen molar-refractivity contribution in [2.45, 2.75) is 78.4 Å². The molecule has 0 saturated carbocycles. The van der Waals surface area contributed by atoms with Crippen molar-refractivity contribution < 1.29 is 19.5 Å². The van der Waals surface area contributed by atoms with Crippen molar-refractivity contribution in [3.63, 3.8) is 0 Å². The van der Waals surface area contributed by atoms with Crippen LogP contribution in [0.4, 0.5) is 0 Å². The Morgan fingerprint density at radius 2 is 1.96 bits per heavy atom. The second-order valence-electron chi connectivity index (χ2n) is 9.23. The Morgan fingerprint density at radius 1 is 1.15 bits per heavy atom.